The van der Waals surface area contributed by atoms with Gasteiger partial charge in [-0.05, 0) is 37.0 Å². The van der Waals surface area contributed by atoms with Crippen LogP contribution in [-0.2, 0) is 14.3 Å². The molecule has 116 valence electrons. The van der Waals surface area contributed by atoms with Gasteiger partial charge >= 0.3 is 5.97 Å². The van der Waals surface area contributed by atoms with Crippen LogP contribution in [0, 0.1) is 23.7 Å². The number of nitrogens with one attached hydrogen (secondary N) is 1. The highest BCUT2D eigenvalue weighted by Gasteiger charge is 2.63. The number of hydrogen-bond donors (Lipinski definition) is 1. The van der Waals surface area contributed by atoms with Crippen LogP contribution >= 0.6 is 15.9 Å². The summed E-state index contributed by atoms with van der Waals surface area (Å²) in [4.78, 5) is 24.7. The molecule has 1 aliphatic heterocycles. The maximum Gasteiger partial charge on any atom is 0.310 e. The Kier molecular flexibility index (Phi) is 3.18. The molecule has 1 amide bonds. The van der Waals surface area contributed by atoms with Gasteiger partial charge in [0, 0.05) is 10.4 Å². The molecule has 0 aromatic heterocycles. The van der Waals surface area contributed by atoms with E-state index in [2.05, 4.69) is 21.2 Å². The number of benzene rings is 1. The van der Waals surface area contributed by atoms with Gasteiger partial charge in [-0.2, -0.15) is 0 Å². The smallest absolute Gasteiger partial charge is 0.310 e. The SMILES string of the molecule is COc1cc(Br)ccc1NC(=O)[C@@H]1[C@@H]2C[C@H]3[C@@H]1C(=O)O[C@@H]3C2. The van der Waals surface area contributed by atoms with Crippen molar-refractivity contribution in [1.82, 2.24) is 0 Å². The van der Waals surface area contributed by atoms with Crippen molar-refractivity contribution in [2.75, 3.05) is 12.4 Å². The van der Waals surface area contributed by atoms with Crippen molar-refractivity contribution >= 4 is 33.5 Å². The van der Waals surface area contributed by atoms with Gasteiger partial charge in [0.15, 0.2) is 0 Å². The Morgan fingerprint density at radius 1 is 1.41 bits per heavy atom. The zero-order valence-corrected chi connectivity index (χ0v) is 13.6. The van der Waals surface area contributed by atoms with Crippen LogP contribution in [0.2, 0.25) is 0 Å². The number of anilines is 1. The number of hydrogen-bond acceptors (Lipinski definition) is 4. The second kappa shape index (κ2) is 4.98. The number of esters is 1. The molecule has 1 N–H and O–H groups in total. The van der Waals surface area contributed by atoms with Crippen molar-refractivity contribution in [1.29, 1.82) is 0 Å². The molecule has 5 atom stereocenters. The Labute approximate surface area is 136 Å². The molecule has 6 heteroatoms. The van der Waals surface area contributed by atoms with Gasteiger partial charge in [0.25, 0.3) is 0 Å². The molecule has 0 radical (unpaired) electrons. The first-order chi connectivity index (χ1) is 10.6. The molecule has 3 fully saturated rings. The Balaban J connectivity index is 1.57. The average molecular weight is 366 g/mol. The predicted molar refractivity (Wildman–Crippen MR) is 82.4 cm³/mol. The van der Waals surface area contributed by atoms with Crippen molar-refractivity contribution in [2.24, 2.45) is 23.7 Å². The molecule has 4 rings (SSSR count). The Morgan fingerprint density at radius 2 is 2.23 bits per heavy atom. The lowest BCUT2D eigenvalue weighted by Crippen LogP contribution is -2.35. The first kappa shape index (κ1) is 14.1. The van der Waals surface area contributed by atoms with E-state index in [0.29, 0.717) is 11.4 Å². The van der Waals surface area contributed by atoms with Crippen LogP contribution in [0.25, 0.3) is 0 Å². The lowest BCUT2D eigenvalue weighted by Gasteiger charge is -2.24. The van der Waals surface area contributed by atoms with Gasteiger partial charge in [0.05, 0.1) is 24.6 Å². The van der Waals surface area contributed by atoms with Crippen LogP contribution in [0.5, 0.6) is 5.75 Å². The van der Waals surface area contributed by atoms with Crippen LogP contribution < -0.4 is 10.1 Å². The maximum absolute atomic E-state index is 12.7. The normalized spacial score (nSPS) is 34.6. The number of ether oxygens (including phenoxy) is 2. The summed E-state index contributed by atoms with van der Waals surface area (Å²) in [6.45, 7) is 0. The van der Waals surface area contributed by atoms with E-state index in [1.807, 2.05) is 6.07 Å². The summed E-state index contributed by atoms with van der Waals surface area (Å²) in [5.74, 6) is 0.258. The quantitative estimate of drug-likeness (QED) is 0.836. The zero-order chi connectivity index (χ0) is 15.4. The molecule has 2 aliphatic carbocycles. The fraction of sp³-hybridized carbons (Fsp3) is 0.500. The first-order valence-corrected chi connectivity index (χ1v) is 8.22. The number of methoxy groups -OCH3 is 1. The summed E-state index contributed by atoms with van der Waals surface area (Å²) < 4.78 is 11.6. The molecule has 1 saturated heterocycles. The Morgan fingerprint density at radius 3 is 3.00 bits per heavy atom. The molecule has 1 heterocycles. The van der Waals surface area contributed by atoms with Crippen LogP contribution in [-0.4, -0.2) is 25.1 Å². The third kappa shape index (κ3) is 1.96. The minimum absolute atomic E-state index is 0.0498. The van der Waals surface area contributed by atoms with Crippen molar-refractivity contribution < 1.29 is 19.1 Å². The Hall–Kier alpha value is -1.56. The molecule has 3 aliphatic rings. The number of carbonyl (C=O) groups is 2. The topological polar surface area (TPSA) is 64.6 Å². The van der Waals surface area contributed by atoms with Crippen LogP contribution in [0.4, 0.5) is 5.69 Å². The largest absolute Gasteiger partial charge is 0.495 e. The van der Waals surface area contributed by atoms with E-state index in [1.54, 1.807) is 19.2 Å². The van der Waals surface area contributed by atoms with Gasteiger partial charge in [0.2, 0.25) is 5.91 Å². The molecule has 1 aromatic carbocycles. The highest BCUT2D eigenvalue weighted by atomic mass is 79.9. The van der Waals surface area contributed by atoms with E-state index in [4.69, 9.17) is 9.47 Å². The molecule has 2 bridgehead atoms. The lowest BCUT2D eigenvalue weighted by molar-refractivity contribution is -0.145. The van der Waals surface area contributed by atoms with Gasteiger partial charge in [-0.25, -0.2) is 0 Å². The average Bonchev–Trinajstić information content (AvgIpc) is 3.10. The van der Waals surface area contributed by atoms with E-state index in [9.17, 15) is 9.59 Å². The summed E-state index contributed by atoms with van der Waals surface area (Å²) >= 11 is 3.38. The standard InChI is InChI=1S/C16H16BrNO4/c1-21-12-6-8(17)2-3-10(12)18-15(19)13-7-4-9-11(5-7)22-16(20)14(9)13/h2-3,6-7,9,11,13-14H,4-5H2,1H3,(H,18,19)/t7-,9-,11-,13-,14+/m1/s1. The summed E-state index contributed by atoms with van der Waals surface area (Å²) in [6, 6.07) is 5.44. The molecule has 22 heavy (non-hydrogen) atoms. The van der Waals surface area contributed by atoms with E-state index in [1.165, 1.54) is 0 Å². The second-order valence-electron chi connectivity index (χ2n) is 6.26. The molecule has 2 saturated carbocycles. The van der Waals surface area contributed by atoms with E-state index < -0.39 is 0 Å². The third-order valence-electron chi connectivity index (χ3n) is 5.21. The summed E-state index contributed by atoms with van der Waals surface area (Å²) in [7, 11) is 1.56. The third-order valence-corrected chi connectivity index (χ3v) is 5.70. The summed E-state index contributed by atoms with van der Waals surface area (Å²) in [6.07, 6.45) is 1.80. The molecule has 5 nitrogen and oxygen atoms in total. The zero-order valence-electron chi connectivity index (χ0n) is 12.0. The first-order valence-electron chi connectivity index (χ1n) is 7.43. The highest BCUT2D eigenvalue weighted by molar-refractivity contribution is 9.10. The van der Waals surface area contributed by atoms with Gasteiger partial charge in [-0.3, -0.25) is 9.59 Å². The fourth-order valence-electron chi connectivity index (χ4n) is 4.35. The van der Waals surface area contributed by atoms with Crippen LogP contribution in [0.3, 0.4) is 0 Å². The van der Waals surface area contributed by atoms with Crippen molar-refractivity contribution in [3.8, 4) is 5.75 Å². The molecular formula is C16H16BrNO4. The maximum atomic E-state index is 12.7. The monoisotopic (exact) mass is 365 g/mol. The van der Waals surface area contributed by atoms with Crippen molar-refractivity contribution in [3.63, 3.8) is 0 Å². The molecule has 1 aromatic rings. The molecule has 0 unspecified atom stereocenters. The van der Waals surface area contributed by atoms with Crippen LogP contribution in [0.15, 0.2) is 22.7 Å². The lowest BCUT2D eigenvalue weighted by atomic mass is 9.79. The van der Waals surface area contributed by atoms with E-state index >= 15 is 0 Å². The van der Waals surface area contributed by atoms with Gasteiger partial charge in [-0.15, -0.1) is 0 Å². The summed E-state index contributed by atoms with van der Waals surface area (Å²) in [5.41, 5.74) is 0.626. The Bertz CT molecular complexity index is 660. The number of carbonyl (C=O) groups excluding carboxylic acids is 2. The van der Waals surface area contributed by atoms with Gasteiger partial charge in [0.1, 0.15) is 11.9 Å². The number of fused-ring (bicyclic) bond motifs is 1. The van der Waals surface area contributed by atoms with Gasteiger partial charge in [-0.1, -0.05) is 15.9 Å². The highest BCUT2D eigenvalue weighted by Crippen LogP contribution is 2.57. The van der Waals surface area contributed by atoms with E-state index in [0.717, 1.165) is 17.3 Å². The van der Waals surface area contributed by atoms with Gasteiger partial charge < -0.3 is 14.8 Å². The molecular weight excluding hydrogens is 350 g/mol. The predicted octanol–water partition coefficient (Wildman–Crippen LogP) is 2.59. The van der Waals surface area contributed by atoms with Crippen molar-refractivity contribution in [2.45, 2.75) is 18.9 Å². The van der Waals surface area contributed by atoms with E-state index in [-0.39, 0.29) is 41.7 Å². The minimum atomic E-state index is -0.274. The number of rotatable bonds is 3. The van der Waals surface area contributed by atoms with Crippen LogP contribution in [0.1, 0.15) is 12.8 Å². The number of amides is 1. The summed E-state index contributed by atoms with van der Waals surface area (Å²) in [5, 5.41) is 2.93. The van der Waals surface area contributed by atoms with Crippen molar-refractivity contribution in [3.05, 3.63) is 22.7 Å². The number of halogens is 1. The molecule has 0 spiro atoms. The second-order valence-corrected chi connectivity index (χ2v) is 7.17. The minimum Gasteiger partial charge on any atom is -0.495 e. The fourth-order valence-corrected chi connectivity index (χ4v) is 4.69.